The number of quaternary nitrogens is 1. The van der Waals surface area contributed by atoms with Crippen molar-refractivity contribution >= 4 is 11.7 Å². The fourth-order valence-electron chi connectivity index (χ4n) is 6.82. The Kier molecular flexibility index (Phi) is 5.49. The summed E-state index contributed by atoms with van der Waals surface area (Å²) in [6.45, 7) is 9.74. The van der Waals surface area contributed by atoms with Crippen LogP contribution in [0.5, 0.6) is 5.75 Å². The molecular weight excluding hydrogens is 388 g/mol. The maximum atomic E-state index is 12.9. The summed E-state index contributed by atoms with van der Waals surface area (Å²) in [4.78, 5) is 16.9. The molecule has 2 aliphatic carbocycles. The lowest BCUT2D eigenvalue weighted by atomic mass is 9.59. The maximum Gasteiger partial charge on any atom is 0.315 e. The maximum absolute atomic E-state index is 12.9. The lowest BCUT2D eigenvalue weighted by Crippen LogP contribution is -3.15. The predicted octanol–water partition coefficient (Wildman–Crippen LogP) is 2.86. The largest absolute Gasteiger partial charge is 0.495 e. The zero-order valence-electron chi connectivity index (χ0n) is 19.3. The van der Waals surface area contributed by atoms with E-state index in [1.165, 1.54) is 29.8 Å². The van der Waals surface area contributed by atoms with Gasteiger partial charge in [-0.25, -0.2) is 0 Å². The Balaban J connectivity index is 1.25. The highest BCUT2D eigenvalue weighted by atomic mass is 16.6. The summed E-state index contributed by atoms with van der Waals surface area (Å²) in [7, 11) is 1.74. The molecule has 31 heavy (non-hydrogen) atoms. The first-order chi connectivity index (χ1) is 15.0. The van der Waals surface area contributed by atoms with Crippen molar-refractivity contribution < 1.29 is 19.2 Å². The van der Waals surface area contributed by atoms with Crippen LogP contribution in [-0.4, -0.2) is 51.9 Å². The van der Waals surface area contributed by atoms with Crippen molar-refractivity contribution in [3.05, 3.63) is 35.4 Å². The molecule has 0 bridgehead atoms. The van der Waals surface area contributed by atoms with Crippen LogP contribution in [0.25, 0.3) is 0 Å². The number of nitrogens with zero attached hydrogens (tertiary/aromatic N) is 1. The van der Waals surface area contributed by atoms with Gasteiger partial charge in [0, 0.05) is 5.92 Å². The fraction of sp³-hybridized carbons (Fsp3) is 0.654. The number of esters is 1. The van der Waals surface area contributed by atoms with E-state index in [-0.39, 0.29) is 23.4 Å². The van der Waals surface area contributed by atoms with Crippen molar-refractivity contribution in [2.24, 2.45) is 17.3 Å². The molecule has 3 fully saturated rings. The van der Waals surface area contributed by atoms with Crippen LogP contribution in [0.15, 0.2) is 35.4 Å². The number of hydrogen-bond donors (Lipinski definition) is 1. The number of fused-ring (bicyclic) bond motifs is 2. The zero-order chi connectivity index (χ0) is 21.6. The van der Waals surface area contributed by atoms with Gasteiger partial charge in [-0.15, -0.1) is 0 Å². The van der Waals surface area contributed by atoms with Gasteiger partial charge in [0.05, 0.1) is 45.5 Å². The van der Waals surface area contributed by atoms with E-state index < -0.39 is 0 Å². The molecule has 2 heterocycles. The summed E-state index contributed by atoms with van der Waals surface area (Å²) in [5.74, 6) is 1.44. The molecule has 168 valence electrons. The van der Waals surface area contributed by atoms with Gasteiger partial charge in [-0.2, -0.15) is 0 Å². The number of nitrogens with one attached hydrogen (secondary N) is 1. The Hall–Kier alpha value is -2.01. The first kappa shape index (κ1) is 20.9. The number of carbonyl (C=O) groups is 1. The molecule has 0 spiro atoms. The summed E-state index contributed by atoms with van der Waals surface area (Å²) in [6, 6.07) is 8.26. The van der Waals surface area contributed by atoms with Crippen LogP contribution in [-0.2, 0) is 9.53 Å². The summed E-state index contributed by atoms with van der Waals surface area (Å²) < 4.78 is 11.5. The van der Waals surface area contributed by atoms with Crippen LogP contribution in [0.3, 0.4) is 0 Å². The molecule has 5 rings (SSSR count). The van der Waals surface area contributed by atoms with Crippen molar-refractivity contribution in [3.63, 3.8) is 0 Å². The SMILES string of the molecule is COc1ccccc1N1CC[NH+](C[C@H]2C(=O)O[C@@H]3C[C@@]4(C)CCCC(C)=C4C[C@@H]32)CC1. The summed E-state index contributed by atoms with van der Waals surface area (Å²) in [5, 5.41) is 0. The van der Waals surface area contributed by atoms with Crippen LogP contribution in [0.1, 0.15) is 46.0 Å². The van der Waals surface area contributed by atoms with E-state index >= 15 is 0 Å². The first-order valence-corrected chi connectivity index (χ1v) is 12.1. The van der Waals surface area contributed by atoms with Gasteiger partial charge in [0.1, 0.15) is 17.8 Å². The third-order valence-electron chi connectivity index (χ3n) is 8.59. The Morgan fingerprint density at radius 3 is 2.81 bits per heavy atom. The van der Waals surface area contributed by atoms with Crippen molar-refractivity contribution in [1.29, 1.82) is 0 Å². The number of piperazine rings is 1. The number of methoxy groups -OCH3 is 1. The molecule has 4 aliphatic rings. The summed E-state index contributed by atoms with van der Waals surface area (Å²) in [6.07, 6.45) is 6.00. The topological polar surface area (TPSA) is 43.2 Å². The molecule has 1 aromatic rings. The molecule has 1 aromatic carbocycles. The third kappa shape index (κ3) is 3.75. The second-order valence-electron chi connectivity index (χ2n) is 10.4. The number of anilines is 1. The second-order valence-corrected chi connectivity index (χ2v) is 10.4. The zero-order valence-corrected chi connectivity index (χ0v) is 19.3. The summed E-state index contributed by atoms with van der Waals surface area (Å²) in [5.41, 5.74) is 4.67. The highest BCUT2D eigenvalue weighted by Gasteiger charge is 2.54. The number of rotatable bonds is 4. The number of para-hydroxylation sites is 2. The lowest BCUT2D eigenvalue weighted by molar-refractivity contribution is -0.903. The monoisotopic (exact) mass is 425 g/mol. The van der Waals surface area contributed by atoms with E-state index in [0.29, 0.717) is 5.92 Å². The molecule has 0 unspecified atom stereocenters. The Bertz CT molecular complexity index is 873. The number of benzene rings is 1. The molecular formula is C26H37N2O3+. The number of carbonyl (C=O) groups excluding carboxylic acids is 1. The average molecular weight is 426 g/mol. The van der Waals surface area contributed by atoms with Crippen LogP contribution in [0.2, 0.25) is 0 Å². The van der Waals surface area contributed by atoms with Crippen LogP contribution >= 0.6 is 0 Å². The van der Waals surface area contributed by atoms with Gasteiger partial charge in [0.25, 0.3) is 0 Å². The van der Waals surface area contributed by atoms with Crippen LogP contribution in [0.4, 0.5) is 5.69 Å². The normalized spacial score (nSPS) is 33.7. The van der Waals surface area contributed by atoms with Gasteiger partial charge in [-0.1, -0.05) is 30.2 Å². The number of ether oxygens (including phenoxy) is 2. The number of hydrogen-bond acceptors (Lipinski definition) is 4. The Morgan fingerprint density at radius 2 is 2.03 bits per heavy atom. The minimum Gasteiger partial charge on any atom is -0.495 e. The Labute approximate surface area is 186 Å². The van der Waals surface area contributed by atoms with E-state index in [2.05, 4.69) is 30.9 Å². The van der Waals surface area contributed by atoms with Gasteiger partial charge in [-0.3, -0.25) is 4.79 Å². The minimum atomic E-state index is 0.0598. The van der Waals surface area contributed by atoms with Gasteiger partial charge < -0.3 is 19.3 Å². The standard InChI is InChI=1S/C26H36N2O3/c1-18-7-6-10-26(2)16-24-19(15-21(18)26)20(25(29)31-24)17-27-11-13-28(14-12-27)22-8-4-5-9-23(22)30-3/h4-5,8-9,19-20,24H,6-7,10-17H2,1-3H3/p+1/t19-,20-,24-,26-/m1/s1. The van der Waals surface area contributed by atoms with E-state index in [1.807, 2.05) is 12.1 Å². The molecule has 1 saturated carbocycles. The predicted molar refractivity (Wildman–Crippen MR) is 122 cm³/mol. The third-order valence-corrected chi connectivity index (χ3v) is 8.59. The molecule has 5 nitrogen and oxygen atoms in total. The quantitative estimate of drug-likeness (QED) is 0.595. The van der Waals surface area contributed by atoms with Crippen LogP contribution < -0.4 is 14.5 Å². The smallest absolute Gasteiger partial charge is 0.315 e. The van der Waals surface area contributed by atoms with Crippen molar-refractivity contribution in [2.75, 3.05) is 44.7 Å². The average Bonchev–Trinajstić information content (AvgIpc) is 3.06. The van der Waals surface area contributed by atoms with Gasteiger partial charge >= 0.3 is 5.97 Å². The molecule has 0 radical (unpaired) electrons. The van der Waals surface area contributed by atoms with Crippen LogP contribution in [0, 0.1) is 17.3 Å². The molecule has 5 heteroatoms. The van der Waals surface area contributed by atoms with Gasteiger partial charge in [-0.05, 0) is 56.6 Å². The molecule has 2 aliphatic heterocycles. The molecule has 2 saturated heterocycles. The molecule has 1 N–H and O–H groups in total. The molecule has 4 atom stereocenters. The van der Waals surface area contributed by atoms with Gasteiger partial charge in [0.15, 0.2) is 0 Å². The second kappa shape index (κ2) is 8.16. The fourth-order valence-corrected chi connectivity index (χ4v) is 6.82. The minimum absolute atomic E-state index is 0.0598. The lowest BCUT2D eigenvalue weighted by Gasteiger charge is -2.45. The molecule has 0 aromatic heterocycles. The van der Waals surface area contributed by atoms with E-state index in [4.69, 9.17) is 9.47 Å². The summed E-state index contributed by atoms with van der Waals surface area (Å²) >= 11 is 0. The van der Waals surface area contributed by atoms with Gasteiger partial charge in [0.2, 0.25) is 0 Å². The highest BCUT2D eigenvalue weighted by Crippen LogP contribution is 2.54. The first-order valence-electron chi connectivity index (χ1n) is 12.1. The van der Waals surface area contributed by atoms with Crippen molar-refractivity contribution in [3.8, 4) is 5.75 Å². The highest BCUT2D eigenvalue weighted by molar-refractivity contribution is 5.75. The molecule has 0 amide bonds. The Morgan fingerprint density at radius 1 is 1.26 bits per heavy atom. The number of allylic oxidation sites excluding steroid dienone is 2. The van der Waals surface area contributed by atoms with E-state index in [0.717, 1.165) is 51.3 Å². The van der Waals surface area contributed by atoms with E-state index in [9.17, 15) is 4.79 Å². The van der Waals surface area contributed by atoms with Crippen molar-refractivity contribution in [2.45, 2.75) is 52.1 Å². The van der Waals surface area contributed by atoms with Crippen molar-refractivity contribution in [1.82, 2.24) is 0 Å². The van der Waals surface area contributed by atoms with E-state index in [1.54, 1.807) is 18.3 Å².